The lowest BCUT2D eigenvalue weighted by molar-refractivity contribution is -0.138. The number of carboxylic acid groups (broad SMARTS) is 1. The van der Waals surface area contributed by atoms with Crippen molar-refractivity contribution in [3.63, 3.8) is 0 Å². The van der Waals surface area contributed by atoms with E-state index < -0.39 is 51.5 Å². The first-order valence-electron chi connectivity index (χ1n) is 20.7. The number of nitrogens with zero attached hydrogens (tertiary/aromatic N) is 2. The minimum atomic E-state index is -2.99. The Morgan fingerprint density at radius 1 is 0.824 bits per heavy atom. The number of carboxylic acids is 1. The number of aliphatic carboxylic acids is 1. The summed E-state index contributed by atoms with van der Waals surface area (Å²) in [4.78, 5) is 30.7. The number of benzene rings is 2. The lowest BCUT2D eigenvalue weighted by atomic mass is 10.1. The second-order valence-electron chi connectivity index (χ2n) is 11.6. The van der Waals surface area contributed by atoms with Crippen molar-refractivity contribution in [3.05, 3.63) is 119 Å². The summed E-state index contributed by atoms with van der Waals surface area (Å²) in [5.41, 5.74) is 8.34. The molecule has 11 nitrogen and oxygen atoms in total. The smallest absolute Gasteiger partial charge is 0.307 e. The second-order valence-corrected chi connectivity index (χ2v) is 11.6. The van der Waals surface area contributed by atoms with Crippen molar-refractivity contribution in [2.24, 2.45) is 17.6 Å². The second kappa shape index (κ2) is 18.9. The van der Waals surface area contributed by atoms with E-state index in [0.717, 1.165) is 11.1 Å². The van der Waals surface area contributed by atoms with Crippen LogP contribution in [0.15, 0.2) is 85.2 Å². The van der Waals surface area contributed by atoms with Crippen LogP contribution in [0.5, 0.6) is 11.8 Å². The maximum atomic E-state index is 13.0. The summed E-state index contributed by atoms with van der Waals surface area (Å²) in [5, 5.41) is 29.9. The van der Waals surface area contributed by atoms with Gasteiger partial charge < -0.3 is 35.8 Å². The van der Waals surface area contributed by atoms with Crippen LogP contribution in [0.1, 0.15) is 86.4 Å². The number of hydrogen-bond acceptors (Lipinski definition) is 9. The number of aliphatic hydroxyl groups excluding tert-OH is 2. The molecule has 2 aliphatic rings. The molecule has 2 heterocycles. The maximum Gasteiger partial charge on any atom is 0.307 e. The zero-order valence-corrected chi connectivity index (χ0v) is 27.1. The monoisotopic (exact) mass is 716 g/mol. The highest BCUT2D eigenvalue weighted by Crippen LogP contribution is 2.48. The number of hydrogen-bond donors (Lipinski definition) is 5. The molecule has 0 radical (unpaired) electrons. The van der Waals surface area contributed by atoms with Gasteiger partial charge in [0.25, 0.3) is 0 Å². The summed E-state index contributed by atoms with van der Waals surface area (Å²) >= 11 is 0. The van der Waals surface area contributed by atoms with E-state index in [2.05, 4.69) is 15.3 Å². The van der Waals surface area contributed by atoms with Gasteiger partial charge in [-0.2, -0.15) is 0 Å². The van der Waals surface area contributed by atoms with Crippen molar-refractivity contribution in [2.45, 2.75) is 50.5 Å². The molecule has 4 aromatic rings. The number of nitrogens with two attached hydrogens (primary N) is 1. The van der Waals surface area contributed by atoms with Gasteiger partial charge in [0, 0.05) is 38.7 Å². The number of halogens is 2. The van der Waals surface area contributed by atoms with Crippen LogP contribution in [0, 0.1) is 23.5 Å². The zero-order chi connectivity index (χ0) is 45.5. The summed E-state index contributed by atoms with van der Waals surface area (Å²) in [6, 6.07) is 16.2. The van der Waals surface area contributed by atoms with Crippen LogP contribution >= 0.6 is 0 Å². The SMILES string of the molecule is O=C(O)[C@H]1C[C@@H]1c1ccc(F)cc1.[2H]C([2H])([2H])C([2H])([2H])Oc1ccc([C@@H](N)CO)cn1.[2H]C([2H])([2H])C([2H])([2H])Oc1ccc([C@H](CO)NC(=O)[C@H]2C[C@@H]2c2ccc(F)cc2)cn1. The van der Waals surface area contributed by atoms with Gasteiger partial charge in [0.1, 0.15) is 11.6 Å². The van der Waals surface area contributed by atoms with Crippen LogP contribution in [0.3, 0.4) is 0 Å². The Hall–Kier alpha value is -4.98. The predicted octanol–water partition coefficient (Wildman–Crippen LogP) is 5.06. The molecule has 2 aliphatic carbocycles. The van der Waals surface area contributed by atoms with E-state index >= 15 is 0 Å². The molecule has 0 spiro atoms. The van der Waals surface area contributed by atoms with Gasteiger partial charge in [-0.15, -0.1) is 0 Å². The molecule has 0 aliphatic heterocycles. The molecule has 2 saturated carbocycles. The molecule has 1 amide bonds. The molecule has 2 aromatic carbocycles. The number of aliphatic hydroxyl groups is 2. The quantitative estimate of drug-likeness (QED) is 0.126. The fourth-order valence-electron chi connectivity index (χ4n) is 5.16. The van der Waals surface area contributed by atoms with E-state index in [4.69, 9.17) is 39.1 Å². The predicted molar refractivity (Wildman–Crippen MR) is 185 cm³/mol. The lowest BCUT2D eigenvalue weighted by Gasteiger charge is -2.17. The average Bonchev–Trinajstić information content (AvgIpc) is 4.13. The Kier molecular flexibility index (Phi) is 9.90. The summed E-state index contributed by atoms with van der Waals surface area (Å²) in [6.07, 6.45) is 3.88. The van der Waals surface area contributed by atoms with E-state index in [1.807, 2.05) is 0 Å². The van der Waals surface area contributed by atoms with Crippen molar-refractivity contribution < 1.29 is 56.9 Å². The fraction of sp³-hybridized carbons (Fsp3) is 0.368. The third-order valence-corrected chi connectivity index (χ3v) is 8.19. The van der Waals surface area contributed by atoms with Crippen LogP contribution < -0.4 is 20.5 Å². The topological polar surface area (TPSA) is 177 Å². The molecule has 0 bridgehead atoms. The number of carbonyl (C=O) groups excluding carboxylic acids is 1. The molecule has 6 N–H and O–H groups in total. The molecule has 6 rings (SSSR count). The van der Waals surface area contributed by atoms with Crippen molar-refractivity contribution in [1.82, 2.24) is 15.3 Å². The minimum absolute atomic E-state index is 0.000888. The highest BCUT2D eigenvalue weighted by Gasteiger charge is 2.45. The number of pyridine rings is 2. The third kappa shape index (κ3) is 11.5. The molecule has 6 atom stereocenters. The number of aromatic nitrogens is 2. The van der Waals surface area contributed by atoms with Crippen LogP contribution in [0.4, 0.5) is 8.78 Å². The first-order valence-corrected chi connectivity index (χ1v) is 15.7. The van der Waals surface area contributed by atoms with Crippen molar-refractivity contribution in [2.75, 3.05) is 26.3 Å². The summed E-state index contributed by atoms with van der Waals surface area (Å²) < 4.78 is 107. The van der Waals surface area contributed by atoms with Gasteiger partial charge in [0.15, 0.2) is 0 Å². The van der Waals surface area contributed by atoms with Gasteiger partial charge in [-0.3, -0.25) is 9.59 Å². The normalized spacial score (nSPS) is 23.5. The van der Waals surface area contributed by atoms with Crippen molar-refractivity contribution >= 4 is 11.9 Å². The van der Waals surface area contributed by atoms with Gasteiger partial charge >= 0.3 is 5.97 Å². The van der Waals surface area contributed by atoms with Gasteiger partial charge in [-0.05, 0) is 91.0 Å². The standard InChI is InChI=1S/C19H21FN2O3.C10H9FO2.C9H14N2O2/c1-2-25-18-8-5-13(10-21-18)17(11-23)22-19(24)16-9-15(16)12-3-6-14(20)7-4-12;11-7-3-1-6(2-4-7)8-5-9(8)10(12)13;1-2-13-9-4-3-7(5-11-9)8(10)6-12/h3-8,10,15-17,23H,2,9,11H2,1H3,(H,22,24);1-4,8-9H,5H2,(H,12,13);3-5,8,12H,2,6,10H2,1H3/t15-,16+,17+;8-,9+;8-/m110/s1/i1D3,2D2;;1D3,2D2. The number of ether oxygens (including phenoxy) is 2. The molecule has 0 saturated heterocycles. The molecule has 0 unspecified atom stereocenters. The number of amides is 1. The Labute approximate surface area is 309 Å². The first kappa shape index (κ1) is 26.8. The highest BCUT2D eigenvalue weighted by molar-refractivity contribution is 5.83. The van der Waals surface area contributed by atoms with E-state index in [-0.39, 0.29) is 59.6 Å². The van der Waals surface area contributed by atoms with Gasteiger partial charge in [-0.1, -0.05) is 30.3 Å². The lowest BCUT2D eigenvalue weighted by Crippen LogP contribution is -2.32. The minimum Gasteiger partial charge on any atom is -0.481 e. The van der Waals surface area contributed by atoms with Gasteiger partial charge in [0.2, 0.25) is 17.7 Å². The molecular formula is C38H44F2N4O7. The molecule has 272 valence electrons. The Morgan fingerprint density at radius 2 is 1.31 bits per heavy atom. The summed E-state index contributed by atoms with van der Waals surface area (Å²) in [6.45, 7) is -12.3. The average molecular weight is 717 g/mol. The molecule has 2 fully saturated rings. The largest absolute Gasteiger partial charge is 0.481 e. The van der Waals surface area contributed by atoms with Gasteiger partial charge in [0.05, 0.1) is 49.8 Å². The Morgan fingerprint density at radius 3 is 1.73 bits per heavy atom. The molecule has 13 heteroatoms. The first-order chi connectivity index (χ1) is 28.4. The number of rotatable bonds is 13. The van der Waals surface area contributed by atoms with E-state index in [9.17, 15) is 23.5 Å². The number of nitrogens with one attached hydrogen (secondary N) is 1. The van der Waals surface area contributed by atoms with Crippen molar-refractivity contribution in [3.8, 4) is 11.8 Å². The fourth-order valence-corrected chi connectivity index (χ4v) is 5.16. The van der Waals surface area contributed by atoms with Gasteiger partial charge in [-0.25, -0.2) is 18.7 Å². The Bertz CT molecular complexity index is 2060. The maximum absolute atomic E-state index is 13.0. The molecule has 2 aromatic heterocycles. The van der Waals surface area contributed by atoms with Crippen LogP contribution in [-0.4, -0.2) is 63.5 Å². The summed E-state index contributed by atoms with van der Waals surface area (Å²) in [7, 11) is 0. The van der Waals surface area contributed by atoms with E-state index in [1.54, 1.807) is 24.3 Å². The van der Waals surface area contributed by atoms with Crippen LogP contribution in [-0.2, 0) is 9.59 Å². The third-order valence-electron chi connectivity index (χ3n) is 8.19. The van der Waals surface area contributed by atoms with Crippen LogP contribution in [0.25, 0.3) is 0 Å². The Balaban J connectivity index is 0.000000223. The van der Waals surface area contributed by atoms with Crippen molar-refractivity contribution in [1.29, 1.82) is 0 Å². The highest BCUT2D eigenvalue weighted by atomic mass is 19.1. The van der Waals surface area contributed by atoms with E-state index in [0.29, 0.717) is 24.0 Å². The number of carbonyl (C=O) groups is 2. The molecule has 51 heavy (non-hydrogen) atoms. The van der Waals surface area contributed by atoms with E-state index in [1.165, 1.54) is 60.9 Å². The van der Waals surface area contributed by atoms with Crippen LogP contribution in [0.2, 0.25) is 0 Å². The molecular weight excluding hydrogens is 662 g/mol. The zero-order valence-electron chi connectivity index (χ0n) is 37.1. The summed E-state index contributed by atoms with van der Waals surface area (Å²) in [5.74, 6) is -2.46.